The second kappa shape index (κ2) is 3.01. The number of fused-ring (bicyclic) bond motifs is 2. The second-order valence-electron chi connectivity index (χ2n) is 3.83. The van der Waals surface area contributed by atoms with E-state index in [1.807, 2.05) is 0 Å². The zero-order chi connectivity index (χ0) is 9.47. The summed E-state index contributed by atoms with van der Waals surface area (Å²) in [6.07, 6.45) is 4.77. The van der Waals surface area contributed by atoms with Crippen molar-refractivity contribution in [1.82, 2.24) is 0 Å². The number of allylic oxidation sites excluding steroid dienone is 1. The molecule has 4 heteroatoms. The fourth-order valence-corrected chi connectivity index (χ4v) is 4.71. The largest absolute Gasteiger partial charge is 0.504 e. The van der Waals surface area contributed by atoms with Gasteiger partial charge in [0.15, 0.2) is 9.84 Å². The van der Waals surface area contributed by atoms with Gasteiger partial charge in [0.1, 0.15) is 0 Å². The van der Waals surface area contributed by atoms with Crippen LogP contribution >= 0.6 is 0 Å². The maximum Gasteiger partial charge on any atom is 0.156 e. The van der Waals surface area contributed by atoms with Crippen molar-refractivity contribution in [3.63, 3.8) is 0 Å². The fourth-order valence-electron chi connectivity index (χ4n) is 2.34. The summed E-state index contributed by atoms with van der Waals surface area (Å²) in [7, 11) is -1.17. The lowest BCUT2D eigenvalue weighted by Crippen LogP contribution is -2.29. The normalized spacial score (nSPS) is 35.9. The predicted molar refractivity (Wildman–Crippen MR) is 50.1 cm³/mol. The van der Waals surface area contributed by atoms with E-state index in [4.69, 9.17) is 4.74 Å². The topological polar surface area (TPSA) is 43.4 Å². The molecule has 0 spiro atoms. The molecule has 0 radical (unpaired) electrons. The van der Waals surface area contributed by atoms with Crippen molar-refractivity contribution in [2.45, 2.75) is 36.2 Å². The van der Waals surface area contributed by atoms with Gasteiger partial charge in [0.25, 0.3) is 0 Å². The van der Waals surface area contributed by atoms with E-state index in [1.54, 1.807) is 13.4 Å². The third-order valence-corrected chi connectivity index (χ3v) is 5.67. The molecule has 13 heavy (non-hydrogen) atoms. The van der Waals surface area contributed by atoms with Crippen molar-refractivity contribution in [2.75, 3.05) is 7.11 Å². The van der Waals surface area contributed by atoms with Gasteiger partial charge in [-0.3, -0.25) is 0 Å². The molecular formula is C9H14O3S. The van der Waals surface area contributed by atoms with Gasteiger partial charge in [-0.15, -0.1) is 0 Å². The summed E-state index contributed by atoms with van der Waals surface area (Å²) in [6.45, 7) is 0. The van der Waals surface area contributed by atoms with Gasteiger partial charge in [0, 0.05) is 0 Å². The highest BCUT2D eigenvalue weighted by Gasteiger charge is 2.44. The Labute approximate surface area is 78.7 Å². The molecule has 0 aromatic carbocycles. The summed E-state index contributed by atoms with van der Waals surface area (Å²) >= 11 is 0. The Morgan fingerprint density at radius 3 is 2.31 bits per heavy atom. The molecule has 2 heterocycles. The van der Waals surface area contributed by atoms with E-state index in [2.05, 4.69) is 0 Å². The van der Waals surface area contributed by atoms with E-state index in [0.29, 0.717) is 12.8 Å². The average molecular weight is 202 g/mol. The third-order valence-electron chi connectivity index (χ3n) is 3.00. The zero-order valence-electron chi connectivity index (χ0n) is 7.69. The van der Waals surface area contributed by atoms with Crippen LogP contribution in [-0.2, 0) is 14.6 Å². The van der Waals surface area contributed by atoms with Crippen molar-refractivity contribution in [1.29, 1.82) is 0 Å². The highest BCUT2D eigenvalue weighted by molar-refractivity contribution is 7.93. The summed E-state index contributed by atoms with van der Waals surface area (Å²) < 4.78 is 28.2. The lowest BCUT2D eigenvalue weighted by molar-refractivity contribution is 0.330. The van der Waals surface area contributed by atoms with Crippen LogP contribution in [0.5, 0.6) is 0 Å². The molecule has 2 rings (SSSR count). The summed E-state index contributed by atoms with van der Waals surface area (Å²) in [5, 5.41) is -0.236. The number of hydrogen-bond donors (Lipinski definition) is 0. The first kappa shape index (κ1) is 9.06. The minimum absolute atomic E-state index is 0.118. The monoisotopic (exact) mass is 202 g/mol. The third kappa shape index (κ3) is 1.37. The molecule has 0 saturated carbocycles. The smallest absolute Gasteiger partial charge is 0.156 e. The van der Waals surface area contributed by atoms with Crippen molar-refractivity contribution in [2.24, 2.45) is 0 Å². The maximum atomic E-state index is 11.7. The number of sulfone groups is 1. The first-order valence-corrected chi connectivity index (χ1v) is 6.19. The van der Waals surface area contributed by atoms with Gasteiger partial charge in [-0.1, -0.05) is 0 Å². The molecule has 0 aromatic heterocycles. The molecule has 2 unspecified atom stereocenters. The Balaban J connectivity index is 2.25. The van der Waals surface area contributed by atoms with Gasteiger partial charge in [0.05, 0.1) is 23.9 Å². The Morgan fingerprint density at radius 1 is 1.31 bits per heavy atom. The zero-order valence-corrected chi connectivity index (χ0v) is 8.51. The standard InChI is InChI=1S/C9H14O3S/c1-12-6-7-4-8-2-3-9(5-7)13(8,10)11/h6,8-9H,2-5H2,1H3. The van der Waals surface area contributed by atoms with Crippen LogP contribution in [0.2, 0.25) is 0 Å². The van der Waals surface area contributed by atoms with Gasteiger partial charge < -0.3 is 4.74 Å². The van der Waals surface area contributed by atoms with E-state index < -0.39 is 9.84 Å². The van der Waals surface area contributed by atoms with Crippen LogP contribution in [0.3, 0.4) is 0 Å². The van der Waals surface area contributed by atoms with Gasteiger partial charge in [-0.25, -0.2) is 8.42 Å². The Hall–Kier alpha value is -0.510. The van der Waals surface area contributed by atoms with Crippen molar-refractivity contribution in [3.8, 4) is 0 Å². The molecule has 2 fully saturated rings. The minimum Gasteiger partial charge on any atom is -0.504 e. The van der Waals surface area contributed by atoms with E-state index in [1.165, 1.54) is 0 Å². The predicted octanol–water partition coefficient (Wildman–Crippen LogP) is 1.26. The van der Waals surface area contributed by atoms with E-state index >= 15 is 0 Å². The van der Waals surface area contributed by atoms with Crippen LogP contribution in [0.1, 0.15) is 25.7 Å². The summed E-state index contributed by atoms with van der Waals surface area (Å²) in [4.78, 5) is 0. The van der Waals surface area contributed by atoms with Crippen LogP contribution in [-0.4, -0.2) is 26.0 Å². The lowest BCUT2D eigenvalue weighted by Gasteiger charge is -2.21. The first-order chi connectivity index (χ1) is 6.14. The number of methoxy groups -OCH3 is 1. The summed E-state index contributed by atoms with van der Waals surface area (Å²) in [5.41, 5.74) is 1.16. The number of hydrogen-bond acceptors (Lipinski definition) is 3. The summed E-state index contributed by atoms with van der Waals surface area (Å²) in [6, 6.07) is 0. The molecule has 0 aliphatic carbocycles. The van der Waals surface area contributed by atoms with E-state index in [0.717, 1.165) is 18.4 Å². The minimum atomic E-state index is -2.78. The second-order valence-corrected chi connectivity index (χ2v) is 6.34. The molecule has 2 atom stereocenters. The van der Waals surface area contributed by atoms with Crippen molar-refractivity contribution in [3.05, 3.63) is 11.8 Å². The molecular weight excluding hydrogens is 188 g/mol. The van der Waals surface area contributed by atoms with Crippen LogP contribution in [0, 0.1) is 0 Å². The fraction of sp³-hybridized carbons (Fsp3) is 0.778. The number of rotatable bonds is 1. The van der Waals surface area contributed by atoms with Crippen LogP contribution in [0.15, 0.2) is 11.8 Å². The Kier molecular flexibility index (Phi) is 2.10. The lowest BCUT2D eigenvalue weighted by atomic mass is 10.1. The van der Waals surface area contributed by atoms with Crippen LogP contribution in [0.4, 0.5) is 0 Å². The molecule has 3 nitrogen and oxygen atoms in total. The summed E-state index contributed by atoms with van der Waals surface area (Å²) in [5.74, 6) is 0. The molecule has 74 valence electrons. The highest BCUT2D eigenvalue weighted by atomic mass is 32.2. The molecule has 2 bridgehead atoms. The average Bonchev–Trinajstić information content (AvgIpc) is 2.29. The first-order valence-electron chi connectivity index (χ1n) is 4.58. The van der Waals surface area contributed by atoms with Crippen LogP contribution < -0.4 is 0 Å². The SMILES string of the molecule is COC=C1CC2CCC(C1)S2(=O)=O. The van der Waals surface area contributed by atoms with Crippen molar-refractivity contribution < 1.29 is 13.2 Å². The van der Waals surface area contributed by atoms with Gasteiger partial charge >= 0.3 is 0 Å². The highest BCUT2D eigenvalue weighted by Crippen LogP contribution is 2.40. The molecule has 2 saturated heterocycles. The van der Waals surface area contributed by atoms with E-state index in [9.17, 15) is 8.42 Å². The quantitative estimate of drug-likeness (QED) is 0.601. The molecule has 2 aliphatic heterocycles. The molecule has 2 aliphatic rings. The Morgan fingerprint density at radius 2 is 1.85 bits per heavy atom. The number of ether oxygens (including phenoxy) is 1. The molecule has 0 aromatic rings. The maximum absolute atomic E-state index is 11.7. The Bertz CT molecular complexity index is 307. The van der Waals surface area contributed by atoms with Gasteiger partial charge in [0.2, 0.25) is 0 Å². The van der Waals surface area contributed by atoms with Crippen LogP contribution in [0.25, 0.3) is 0 Å². The van der Waals surface area contributed by atoms with E-state index in [-0.39, 0.29) is 10.5 Å². The van der Waals surface area contributed by atoms with Gasteiger partial charge in [-0.05, 0) is 31.3 Å². The molecule has 0 N–H and O–H groups in total. The molecule has 0 amide bonds. The van der Waals surface area contributed by atoms with Crippen molar-refractivity contribution >= 4 is 9.84 Å². The van der Waals surface area contributed by atoms with Gasteiger partial charge in [-0.2, -0.15) is 0 Å².